The fraction of sp³-hybridized carbons (Fsp3) is 0.312. The molecule has 1 heterocycles. The number of methoxy groups -OCH3 is 2. The number of aliphatic hydroxyl groups excluding tert-OH is 1. The molecule has 2 aromatic rings. The first-order chi connectivity index (χ1) is 11.0. The summed E-state index contributed by atoms with van der Waals surface area (Å²) in [6, 6.07) is 3.36. The number of hydrogen-bond acceptors (Lipinski definition) is 6. The number of nitrogens with zero attached hydrogens (tertiary/aromatic N) is 1. The number of rotatable bonds is 6. The molecule has 0 amide bonds. The maximum atomic E-state index is 10.2. The van der Waals surface area contributed by atoms with E-state index in [1.807, 2.05) is 0 Å². The number of aryl methyl sites for hydroxylation is 1. The molecular weight excluding hydrogens is 320 g/mol. The summed E-state index contributed by atoms with van der Waals surface area (Å²) in [5, 5.41) is 23.2. The minimum atomic E-state index is -0.210. The number of ether oxygens (including phenoxy) is 2. The number of halogens is 1. The molecule has 0 radical (unpaired) electrons. The fourth-order valence-corrected chi connectivity index (χ4v) is 2.44. The Balaban J connectivity index is 2.31. The van der Waals surface area contributed by atoms with Crippen molar-refractivity contribution in [1.29, 1.82) is 0 Å². The van der Waals surface area contributed by atoms with Crippen molar-refractivity contribution >= 4 is 17.3 Å². The third-order valence-corrected chi connectivity index (χ3v) is 3.83. The standard InChI is InChI=1S/C16H19ClN2O4/c1-9-16(21)11(10(8-20)6-18-9)7-19-13-4-12(17)14(22-2)5-15(13)23-3/h4-6,19-21H,7-8H2,1-3H3. The van der Waals surface area contributed by atoms with Crippen LogP contribution in [0, 0.1) is 6.92 Å². The Morgan fingerprint density at radius 3 is 2.52 bits per heavy atom. The number of aromatic hydroxyl groups is 1. The molecule has 1 aromatic heterocycles. The van der Waals surface area contributed by atoms with Crippen molar-refractivity contribution < 1.29 is 19.7 Å². The largest absolute Gasteiger partial charge is 0.506 e. The maximum absolute atomic E-state index is 10.2. The van der Waals surface area contributed by atoms with Crippen LogP contribution in [0.1, 0.15) is 16.8 Å². The van der Waals surface area contributed by atoms with Crippen LogP contribution in [0.2, 0.25) is 5.02 Å². The average Bonchev–Trinajstić information content (AvgIpc) is 2.56. The highest BCUT2D eigenvalue weighted by Crippen LogP contribution is 2.36. The van der Waals surface area contributed by atoms with Gasteiger partial charge < -0.3 is 25.0 Å². The van der Waals surface area contributed by atoms with Gasteiger partial charge in [0, 0.05) is 29.9 Å². The van der Waals surface area contributed by atoms with Gasteiger partial charge in [-0.2, -0.15) is 0 Å². The molecule has 0 fully saturated rings. The Bertz CT molecular complexity index is 707. The minimum Gasteiger partial charge on any atom is -0.506 e. The number of anilines is 1. The van der Waals surface area contributed by atoms with Gasteiger partial charge in [0.2, 0.25) is 0 Å². The number of nitrogens with one attached hydrogen (secondary N) is 1. The molecular formula is C16H19ClN2O4. The highest BCUT2D eigenvalue weighted by Gasteiger charge is 2.14. The van der Waals surface area contributed by atoms with Gasteiger partial charge in [-0.05, 0) is 13.0 Å². The van der Waals surface area contributed by atoms with Gasteiger partial charge in [-0.25, -0.2) is 0 Å². The fourth-order valence-electron chi connectivity index (χ4n) is 2.20. The zero-order chi connectivity index (χ0) is 17.0. The van der Waals surface area contributed by atoms with Crippen molar-refractivity contribution in [2.75, 3.05) is 19.5 Å². The van der Waals surface area contributed by atoms with Gasteiger partial charge in [0.15, 0.2) is 0 Å². The van der Waals surface area contributed by atoms with E-state index in [2.05, 4.69) is 10.3 Å². The summed E-state index contributed by atoms with van der Waals surface area (Å²) in [5.41, 5.74) is 2.28. The molecule has 23 heavy (non-hydrogen) atoms. The third-order valence-electron chi connectivity index (χ3n) is 3.53. The van der Waals surface area contributed by atoms with Crippen LogP contribution in [0.25, 0.3) is 0 Å². The Morgan fingerprint density at radius 2 is 1.91 bits per heavy atom. The van der Waals surface area contributed by atoms with Gasteiger partial charge in [0.05, 0.1) is 37.2 Å². The molecule has 1 aromatic carbocycles. The van der Waals surface area contributed by atoms with Gasteiger partial charge in [-0.3, -0.25) is 4.98 Å². The summed E-state index contributed by atoms with van der Waals surface area (Å²) >= 11 is 6.14. The van der Waals surface area contributed by atoms with Gasteiger partial charge in [-0.15, -0.1) is 0 Å². The average molecular weight is 339 g/mol. The van der Waals surface area contributed by atoms with Crippen molar-refractivity contribution in [2.24, 2.45) is 0 Å². The maximum Gasteiger partial charge on any atom is 0.145 e. The van der Waals surface area contributed by atoms with Gasteiger partial charge in [-0.1, -0.05) is 11.6 Å². The second-order valence-corrected chi connectivity index (χ2v) is 5.30. The lowest BCUT2D eigenvalue weighted by molar-refractivity contribution is 0.279. The number of pyridine rings is 1. The lowest BCUT2D eigenvalue weighted by Gasteiger charge is -2.16. The summed E-state index contributed by atoms with van der Waals surface area (Å²) in [4.78, 5) is 4.04. The van der Waals surface area contributed by atoms with Crippen LogP contribution in [-0.2, 0) is 13.2 Å². The minimum absolute atomic E-state index is 0.0580. The van der Waals surface area contributed by atoms with Gasteiger partial charge in [0.25, 0.3) is 0 Å². The predicted molar refractivity (Wildman–Crippen MR) is 88.4 cm³/mol. The monoisotopic (exact) mass is 338 g/mol. The van der Waals surface area contributed by atoms with Crippen LogP contribution in [0.5, 0.6) is 17.2 Å². The van der Waals surface area contributed by atoms with Crippen LogP contribution in [0.15, 0.2) is 18.3 Å². The van der Waals surface area contributed by atoms with Crippen LogP contribution < -0.4 is 14.8 Å². The van der Waals surface area contributed by atoms with Crippen molar-refractivity contribution in [1.82, 2.24) is 4.98 Å². The highest BCUT2D eigenvalue weighted by atomic mass is 35.5. The molecule has 2 rings (SSSR count). The van der Waals surface area contributed by atoms with Crippen molar-refractivity contribution in [3.8, 4) is 17.2 Å². The predicted octanol–water partition coefficient (Wildman–Crippen LogP) is 2.87. The Kier molecular flexibility index (Phi) is 5.52. The SMILES string of the molecule is COc1cc(OC)c(NCc2c(CO)cnc(C)c2O)cc1Cl. The van der Waals surface area contributed by atoms with E-state index in [-0.39, 0.29) is 18.9 Å². The van der Waals surface area contributed by atoms with Crippen molar-refractivity contribution in [3.05, 3.63) is 40.2 Å². The normalized spacial score (nSPS) is 10.5. The van der Waals surface area contributed by atoms with E-state index in [9.17, 15) is 10.2 Å². The molecule has 0 saturated heterocycles. The van der Waals surface area contributed by atoms with Gasteiger partial charge >= 0.3 is 0 Å². The zero-order valence-electron chi connectivity index (χ0n) is 13.2. The lowest BCUT2D eigenvalue weighted by atomic mass is 10.1. The molecule has 0 aliphatic heterocycles. The lowest BCUT2D eigenvalue weighted by Crippen LogP contribution is -2.06. The molecule has 0 spiro atoms. The molecule has 0 bridgehead atoms. The van der Waals surface area contributed by atoms with Crippen molar-refractivity contribution in [3.63, 3.8) is 0 Å². The third kappa shape index (κ3) is 3.60. The van der Waals surface area contributed by atoms with E-state index in [4.69, 9.17) is 21.1 Å². The van der Waals surface area contributed by atoms with Crippen molar-refractivity contribution in [2.45, 2.75) is 20.1 Å². The Hall–Kier alpha value is -2.18. The van der Waals surface area contributed by atoms with E-state index in [1.165, 1.54) is 7.11 Å². The molecule has 0 aliphatic rings. The van der Waals surface area contributed by atoms with Crippen LogP contribution in [0.4, 0.5) is 5.69 Å². The summed E-state index contributed by atoms with van der Waals surface area (Å²) in [7, 11) is 3.07. The second kappa shape index (κ2) is 7.39. The number of hydrogen-bond donors (Lipinski definition) is 3. The van der Waals surface area contributed by atoms with E-state index in [1.54, 1.807) is 32.4 Å². The van der Waals surface area contributed by atoms with E-state index in [0.717, 1.165) is 0 Å². The quantitative estimate of drug-likeness (QED) is 0.751. The first kappa shape index (κ1) is 17.2. The van der Waals surface area contributed by atoms with Gasteiger partial charge in [0.1, 0.15) is 17.2 Å². The number of aliphatic hydroxyl groups is 1. The zero-order valence-corrected chi connectivity index (χ0v) is 13.9. The molecule has 0 saturated carbocycles. The molecule has 124 valence electrons. The van der Waals surface area contributed by atoms with E-state index >= 15 is 0 Å². The van der Waals surface area contributed by atoms with Crippen LogP contribution >= 0.6 is 11.6 Å². The highest BCUT2D eigenvalue weighted by molar-refractivity contribution is 6.32. The molecule has 3 N–H and O–H groups in total. The summed E-state index contributed by atoms with van der Waals surface area (Å²) in [6.07, 6.45) is 1.55. The molecule has 0 aliphatic carbocycles. The second-order valence-electron chi connectivity index (χ2n) is 4.89. The number of benzene rings is 1. The first-order valence-electron chi connectivity index (χ1n) is 6.94. The van der Waals surface area contributed by atoms with Crippen LogP contribution in [0.3, 0.4) is 0 Å². The van der Waals surface area contributed by atoms with E-state index in [0.29, 0.717) is 39.0 Å². The molecule has 7 heteroatoms. The topological polar surface area (TPSA) is 83.8 Å². The smallest absolute Gasteiger partial charge is 0.145 e. The first-order valence-corrected chi connectivity index (χ1v) is 7.32. The molecule has 0 atom stereocenters. The molecule has 0 unspecified atom stereocenters. The van der Waals surface area contributed by atoms with E-state index < -0.39 is 0 Å². The summed E-state index contributed by atoms with van der Waals surface area (Å²) < 4.78 is 10.5. The summed E-state index contributed by atoms with van der Waals surface area (Å²) in [6.45, 7) is 1.77. The Labute approximate surface area is 139 Å². The number of aromatic nitrogens is 1. The Morgan fingerprint density at radius 1 is 1.22 bits per heavy atom. The summed E-state index contributed by atoms with van der Waals surface area (Å²) in [5.74, 6) is 1.12. The molecule has 6 nitrogen and oxygen atoms in total. The van der Waals surface area contributed by atoms with Crippen LogP contribution in [-0.4, -0.2) is 29.4 Å².